The lowest BCUT2D eigenvalue weighted by Gasteiger charge is -2.19. The zero-order valence-electron chi connectivity index (χ0n) is 16.5. The van der Waals surface area contributed by atoms with Crippen molar-refractivity contribution in [2.24, 2.45) is 0 Å². The van der Waals surface area contributed by atoms with Crippen LogP contribution in [0.3, 0.4) is 0 Å². The Hall–Kier alpha value is -2.60. The van der Waals surface area contributed by atoms with Gasteiger partial charge in [0, 0.05) is 5.92 Å². The topological polar surface area (TPSA) is 0 Å². The van der Waals surface area contributed by atoms with Gasteiger partial charge in [0.25, 0.3) is 0 Å². The molecule has 0 heterocycles. The molecule has 26 heavy (non-hydrogen) atoms. The molecular formula is C26H28. The number of hydrogen-bond acceptors (Lipinski definition) is 0. The molecule has 0 aliphatic heterocycles. The van der Waals surface area contributed by atoms with E-state index in [9.17, 15) is 0 Å². The van der Waals surface area contributed by atoms with E-state index >= 15 is 0 Å². The van der Waals surface area contributed by atoms with Gasteiger partial charge in [-0.3, -0.25) is 0 Å². The quantitative estimate of drug-likeness (QED) is 0.473. The molecule has 0 saturated carbocycles. The first kappa shape index (κ1) is 18.2. The molecule has 0 bridgehead atoms. The molecule has 0 fully saturated rings. The maximum atomic E-state index is 2.43. The van der Waals surface area contributed by atoms with E-state index in [0.717, 1.165) is 0 Å². The Kier molecular flexibility index (Phi) is 5.42. The van der Waals surface area contributed by atoms with Gasteiger partial charge >= 0.3 is 0 Å². The number of rotatable bonds is 4. The minimum atomic E-state index is 0.353. The van der Waals surface area contributed by atoms with Gasteiger partial charge in [0.1, 0.15) is 0 Å². The fourth-order valence-electron chi connectivity index (χ4n) is 3.98. The molecule has 0 amide bonds. The predicted molar refractivity (Wildman–Crippen MR) is 114 cm³/mol. The van der Waals surface area contributed by atoms with Crippen molar-refractivity contribution in [3.63, 3.8) is 0 Å². The summed E-state index contributed by atoms with van der Waals surface area (Å²) in [6, 6.07) is 24.0. The van der Waals surface area contributed by atoms with E-state index in [1.54, 1.807) is 0 Å². The molecule has 3 rings (SSSR count). The van der Waals surface area contributed by atoms with E-state index in [4.69, 9.17) is 0 Å². The Morgan fingerprint density at radius 2 is 1.31 bits per heavy atom. The van der Waals surface area contributed by atoms with Crippen molar-refractivity contribution in [2.75, 3.05) is 0 Å². The fourth-order valence-corrected chi connectivity index (χ4v) is 3.98. The second kappa shape index (κ2) is 7.74. The van der Waals surface area contributed by atoms with Gasteiger partial charge in [0.2, 0.25) is 0 Å². The Bertz CT molecular complexity index is 906. The van der Waals surface area contributed by atoms with E-state index in [1.165, 1.54) is 44.5 Å². The van der Waals surface area contributed by atoms with Crippen molar-refractivity contribution in [3.05, 3.63) is 112 Å². The number of benzene rings is 3. The van der Waals surface area contributed by atoms with Crippen LogP contribution in [0.4, 0.5) is 0 Å². The van der Waals surface area contributed by atoms with Gasteiger partial charge in [0.15, 0.2) is 0 Å². The first-order chi connectivity index (χ1) is 12.5. The maximum Gasteiger partial charge on any atom is 0.000161 e. The first-order valence-electron chi connectivity index (χ1n) is 9.38. The first-order valence-corrected chi connectivity index (χ1v) is 9.38. The van der Waals surface area contributed by atoms with E-state index < -0.39 is 0 Å². The second-order valence-corrected chi connectivity index (χ2v) is 7.37. The van der Waals surface area contributed by atoms with Crippen molar-refractivity contribution in [1.29, 1.82) is 0 Å². The van der Waals surface area contributed by atoms with Crippen molar-refractivity contribution in [2.45, 2.75) is 40.5 Å². The normalized spacial score (nSPS) is 12.9. The highest BCUT2D eigenvalue weighted by Crippen LogP contribution is 2.33. The van der Waals surface area contributed by atoms with Crippen LogP contribution in [0, 0.1) is 27.7 Å². The van der Waals surface area contributed by atoms with Crippen molar-refractivity contribution in [3.8, 4) is 0 Å². The second-order valence-electron chi connectivity index (χ2n) is 7.37. The van der Waals surface area contributed by atoms with Gasteiger partial charge in [-0.25, -0.2) is 0 Å². The fraction of sp³-hybridized carbons (Fsp3) is 0.231. The highest BCUT2D eigenvalue weighted by atomic mass is 14.2. The number of aryl methyl sites for hydroxylation is 4. The van der Waals surface area contributed by atoms with E-state index in [2.05, 4.69) is 107 Å². The van der Waals surface area contributed by atoms with Gasteiger partial charge in [0.05, 0.1) is 0 Å². The van der Waals surface area contributed by atoms with E-state index in [1.807, 2.05) is 0 Å². The SMILES string of the molecule is Cc1cc(C)c(/C(=C/C(C)c2ccccc2C)c2ccccc2)c(C)c1. The summed E-state index contributed by atoms with van der Waals surface area (Å²) in [5, 5.41) is 0. The summed E-state index contributed by atoms with van der Waals surface area (Å²) in [7, 11) is 0. The third-order valence-electron chi connectivity index (χ3n) is 5.13. The number of allylic oxidation sites excluding steroid dienone is 1. The molecule has 1 atom stereocenters. The molecule has 3 aromatic rings. The Morgan fingerprint density at radius 1 is 0.731 bits per heavy atom. The standard InChI is InChI=1S/C26H28/c1-18-15-21(4)26(22(5)16-18)25(23-12-7-6-8-13-23)17-20(3)24-14-10-9-11-19(24)2/h6-17,20H,1-5H3/b25-17+. The van der Waals surface area contributed by atoms with E-state index in [0.29, 0.717) is 5.92 Å². The largest absolute Gasteiger partial charge is 0.0688 e. The summed E-state index contributed by atoms with van der Waals surface area (Å²) >= 11 is 0. The van der Waals surface area contributed by atoms with Crippen LogP contribution >= 0.6 is 0 Å². The highest BCUT2D eigenvalue weighted by molar-refractivity contribution is 5.83. The average Bonchev–Trinajstić information content (AvgIpc) is 2.61. The summed E-state index contributed by atoms with van der Waals surface area (Å²) in [6.07, 6.45) is 2.43. The summed E-state index contributed by atoms with van der Waals surface area (Å²) in [4.78, 5) is 0. The molecular weight excluding hydrogens is 312 g/mol. The molecule has 0 spiro atoms. The lowest BCUT2D eigenvalue weighted by molar-refractivity contribution is 0.953. The van der Waals surface area contributed by atoms with Crippen molar-refractivity contribution in [1.82, 2.24) is 0 Å². The summed E-state index contributed by atoms with van der Waals surface area (Å²) in [6.45, 7) is 11.1. The van der Waals surface area contributed by atoms with Crippen molar-refractivity contribution >= 4 is 5.57 Å². The zero-order chi connectivity index (χ0) is 18.7. The Balaban J connectivity index is 2.19. The van der Waals surface area contributed by atoms with Crippen LogP contribution in [0.25, 0.3) is 5.57 Å². The highest BCUT2D eigenvalue weighted by Gasteiger charge is 2.14. The van der Waals surface area contributed by atoms with Crippen LogP contribution in [0.1, 0.15) is 51.8 Å². The third kappa shape index (κ3) is 3.80. The van der Waals surface area contributed by atoms with Gasteiger partial charge in [-0.05, 0) is 66.6 Å². The average molecular weight is 341 g/mol. The van der Waals surface area contributed by atoms with E-state index in [-0.39, 0.29) is 0 Å². The molecule has 0 radical (unpaired) electrons. The van der Waals surface area contributed by atoms with Gasteiger partial charge in [-0.1, -0.05) is 85.3 Å². The summed E-state index contributed by atoms with van der Waals surface area (Å²) < 4.78 is 0. The van der Waals surface area contributed by atoms with Crippen LogP contribution in [-0.2, 0) is 0 Å². The minimum absolute atomic E-state index is 0.353. The van der Waals surface area contributed by atoms with Crippen molar-refractivity contribution < 1.29 is 0 Å². The number of hydrogen-bond donors (Lipinski definition) is 0. The summed E-state index contributed by atoms with van der Waals surface area (Å²) in [5.41, 5.74) is 10.7. The zero-order valence-corrected chi connectivity index (χ0v) is 16.5. The summed E-state index contributed by atoms with van der Waals surface area (Å²) in [5.74, 6) is 0.353. The van der Waals surface area contributed by atoms with Crippen LogP contribution in [0.5, 0.6) is 0 Å². The molecule has 0 nitrogen and oxygen atoms in total. The molecule has 0 aromatic heterocycles. The molecule has 3 aromatic carbocycles. The lowest BCUT2D eigenvalue weighted by atomic mass is 9.86. The molecule has 0 saturated heterocycles. The molecule has 0 aliphatic carbocycles. The molecule has 0 aliphatic rings. The van der Waals surface area contributed by atoms with Crippen LogP contribution in [-0.4, -0.2) is 0 Å². The maximum absolute atomic E-state index is 2.43. The predicted octanol–water partition coefficient (Wildman–Crippen LogP) is 7.16. The molecule has 0 N–H and O–H groups in total. The Labute approximate surface area is 158 Å². The molecule has 1 unspecified atom stereocenters. The molecule has 0 heteroatoms. The van der Waals surface area contributed by atoms with Gasteiger partial charge in [-0.15, -0.1) is 0 Å². The van der Waals surface area contributed by atoms with Crippen LogP contribution in [0.15, 0.2) is 72.8 Å². The lowest BCUT2D eigenvalue weighted by Crippen LogP contribution is -2.00. The monoisotopic (exact) mass is 340 g/mol. The van der Waals surface area contributed by atoms with Gasteiger partial charge < -0.3 is 0 Å². The smallest absolute Gasteiger partial charge is 0.000161 e. The minimum Gasteiger partial charge on any atom is -0.0688 e. The third-order valence-corrected chi connectivity index (χ3v) is 5.13. The van der Waals surface area contributed by atoms with Gasteiger partial charge in [-0.2, -0.15) is 0 Å². The molecule has 132 valence electrons. The van der Waals surface area contributed by atoms with Crippen LogP contribution in [0.2, 0.25) is 0 Å². The Morgan fingerprint density at radius 3 is 1.92 bits per heavy atom. The van der Waals surface area contributed by atoms with Crippen LogP contribution < -0.4 is 0 Å².